The molecule has 1 aromatic rings. The molecular formula is C14H22N2O4S. The maximum atomic E-state index is 9.99. The van der Waals surface area contributed by atoms with Gasteiger partial charge in [-0.2, -0.15) is 11.8 Å². The molecule has 1 atom stereocenters. The van der Waals surface area contributed by atoms with Crippen LogP contribution in [0.2, 0.25) is 0 Å². The maximum Gasteiger partial charge on any atom is 0.320 e. The molecule has 0 saturated carbocycles. The van der Waals surface area contributed by atoms with Crippen LogP contribution in [0, 0.1) is 0 Å². The summed E-state index contributed by atoms with van der Waals surface area (Å²) in [4.78, 5) is 19.9. The summed E-state index contributed by atoms with van der Waals surface area (Å²) in [5, 5.41) is 16.3. The molecule has 0 spiro atoms. The lowest BCUT2D eigenvalue weighted by Crippen LogP contribution is -2.30. The Morgan fingerprint density at radius 2 is 1.81 bits per heavy atom. The summed E-state index contributed by atoms with van der Waals surface area (Å²) in [6.07, 6.45) is -0.224. The maximum absolute atomic E-state index is 9.99. The van der Waals surface area contributed by atoms with Crippen molar-refractivity contribution in [1.82, 2.24) is 0 Å². The van der Waals surface area contributed by atoms with E-state index in [1.54, 1.807) is 0 Å². The van der Waals surface area contributed by atoms with Crippen LogP contribution in [-0.4, -0.2) is 40.5 Å². The minimum Gasteiger partial charge on any atom is -0.481 e. The SMILES string of the molecule is NCCSCc1ccccc1.N[C@@H](CCC(=O)O)C(=O)O. The zero-order chi connectivity index (χ0) is 16.1. The molecule has 1 aromatic carbocycles. The van der Waals surface area contributed by atoms with Crippen molar-refractivity contribution < 1.29 is 19.8 Å². The molecule has 6 N–H and O–H groups in total. The number of benzene rings is 1. The van der Waals surface area contributed by atoms with Crippen LogP contribution >= 0.6 is 11.8 Å². The summed E-state index contributed by atoms with van der Waals surface area (Å²) in [7, 11) is 0. The Hall–Kier alpha value is -1.57. The van der Waals surface area contributed by atoms with Crippen LogP contribution in [0.4, 0.5) is 0 Å². The van der Waals surface area contributed by atoms with E-state index in [9.17, 15) is 9.59 Å². The van der Waals surface area contributed by atoms with Crippen LogP contribution in [0.15, 0.2) is 30.3 Å². The third-order valence-corrected chi connectivity index (χ3v) is 3.42. The van der Waals surface area contributed by atoms with E-state index < -0.39 is 18.0 Å². The predicted octanol–water partition coefficient (Wildman–Crippen LogP) is 1.14. The summed E-state index contributed by atoms with van der Waals surface area (Å²) in [6.45, 7) is 0.775. The second-order valence-electron chi connectivity index (χ2n) is 4.20. The molecule has 0 aliphatic heterocycles. The van der Waals surface area contributed by atoms with Gasteiger partial charge in [0.25, 0.3) is 0 Å². The molecule has 7 heteroatoms. The predicted molar refractivity (Wildman–Crippen MR) is 84.1 cm³/mol. The average molecular weight is 314 g/mol. The van der Waals surface area contributed by atoms with Crippen molar-refractivity contribution in [2.24, 2.45) is 11.5 Å². The van der Waals surface area contributed by atoms with Crippen LogP contribution < -0.4 is 11.5 Å². The van der Waals surface area contributed by atoms with Gasteiger partial charge < -0.3 is 21.7 Å². The zero-order valence-electron chi connectivity index (χ0n) is 11.8. The van der Waals surface area contributed by atoms with Gasteiger partial charge in [0.05, 0.1) is 0 Å². The number of carboxylic acids is 2. The molecular weight excluding hydrogens is 292 g/mol. The van der Waals surface area contributed by atoms with Gasteiger partial charge >= 0.3 is 11.9 Å². The van der Waals surface area contributed by atoms with Crippen LogP contribution in [0.1, 0.15) is 18.4 Å². The lowest BCUT2D eigenvalue weighted by Gasteiger charge is -2.01. The van der Waals surface area contributed by atoms with Crippen molar-refractivity contribution >= 4 is 23.7 Å². The molecule has 118 valence electrons. The fraction of sp³-hybridized carbons (Fsp3) is 0.429. The molecule has 6 nitrogen and oxygen atoms in total. The number of nitrogens with two attached hydrogens (primary N) is 2. The van der Waals surface area contributed by atoms with Crippen LogP contribution in [0.25, 0.3) is 0 Å². The van der Waals surface area contributed by atoms with Crippen LogP contribution in [-0.2, 0) is 15.3 Å². The molecule has 0 amide bonds. The number of carboxylic acid groups (broad SMARTS) is 2. The van der Waals surface area contributed by atoms with Crippen molar-refractivity contribution in [3.05, 3.63) is 35.9 Å². The molecule has 0 unspecified atom stereocenters. The lowest BCUT2D eigenvalue weighted by atomic mass is 10.2. The van der Waals surface area contributed by atoms with E-state index in [0.29, 0.717) is 0 Å². The fourth-order valence-corrected chi connectivity index (χ4v) is 1.99. The smallest absolute Gasteiger partial charge is 0.320 e. The first kappa shape index (κ1) is 19.4. The number of hydrogen-bond acceptors (Lipinski definition) is 5. The summed E-state index contributed by atoms with van der Waals surface area (Å²) in [6, 6.07) is 9.40. The van der Waals surface area contributed by atoms with Gasteiger partial charge in [0.1, 0.15) is 6.04 Å². The first-order valence-corrected chi connectivity index (χ1v) is 7.64. The Morgan fingerprint density at radius 1 is 1.19 bits per heavy atom. The van der Waals surface area contributed by atoms with E-state index in [1.165, 1.54) is 5.56 Å². The van der Waals surface area contributed by atoms with Crippen LogP contribution in [0.5, 0.6) is 0 Å². The third-order valence-electron chi connectivity index (χ3n) is 2.36. The van der Waals surface area contributed by atoms with E-state index >= 15 is 0 Å². The summed E-state index contributed by atoms with van der Waals surface area (Å²) in [5.74, 6) is -0.0645. The molecule has 0 aliphatic rings. The molecule has 0 bridgehead atoms. The Balaban J connectivity index is 0.000000384. The summed E-state index contributed by atoms with van der Waals surface area (Å²) < 4.78 is 0. The fourth-order valence-electron chi connectivity index (χ4n) is 1.25. The molecule has 0 aliphatic carbocycles. The number of aliphatic carboxylic acids is 2. The largest absolute Gasteiger partial charge is 0.481 e. The Bertz CT molecular complexity index is 415. The molecule has 1 rings (SSSR count). The number of hydrogen-bond donors (Lipinski definition) is 4. The molecule has 0 aromatic heterocycles. The Labute approximate surface area is 128 Å². The highest BCUT2D eigenvalue weighted by Crippen LogP contribution is 2.09. The van der Waals surface area contributed by atoms with E-state index in [2.05, 4.69) is 24.3 Å². The number of carbonyl (C=O) groups is 2. The van der Waals surface area contributed by atoms with Crippen molar-refractivity contribution in [3.63, 3.8) is 0 Å². The van der Waals surface area contributed by atoms with Gasteiger partial charge in [-0.15, -0.1) is 0 Å². The Kier molecular flexibility index (Phi) is 11.3. The van der Waals surface area contributed by atoms with E-state index in [-0.39, 0.29) is 12.8 Å². The molecule has 0 saturated heterocycles. The minimum atomic E-state index is -1.17. The minimum absolute atomic E-state index is 0.0231. The first-order valence-electron chi connectivity index (χ1n) is 6.49. The van der Waals surface area contributed by atoms with Crippen molar-refractivity contribution in [2.75, 3.05) is 12.3 Å². The molecule has 0 fully saturated rings. The Morgan fingerprint density at radius 3 is 2.29 bits per heavy atom. The molecule has 0 radical (unpaired) electrons. The van der Waals surface area contributed by atoms with Gasteiger partial charge in [0.15, 0.2) is 0 Å². The van der Waals surface area contributed by atoms with Crippen molar-refractivity contribution in [3.8, 4) is 0 Å². The first-order chi connectivity index (χ1) is 9.97. The van der Waals surface area contributed by atoms with Gasteiger partial charge in [-0.05, 0) is 12.0 Å². The normalized spacial score (nSPS) is 11.1. The van der Waals surface area contributed by atoms with E-state index in [1.807, 2.05) is 17.8 Å². The second kappa shape index (κ2) is 12.2. The van der Waals surface area contributed by atoms with E-state index in [0.717, 1.165) is 18.1 Å². The second-order valence-corrected chi connectivity index (χ2v) is 5.31. The van der Waals surface area contributed by atoms with Gasteiger partial charge in [-0.1, -0.05) is 30.3 Å². The van der Waals surface area contributed by atoms with Gasteiger partial charge in [-0.25, -0.2) is 0 Å². The number of thioether (sulfide) groups is 1. The molecule has 0 heterocycles. The molecule has 21 heavy (non-hydrogen) atoms. The van der Waals surface area contributed by atoms with Gasteiger partial charge in [0, 0.05) is 24.5 Å². The highest BCUT2D eigenvalue weighted by molar-refractivity contribution is 7.98. The average Bonchev–Trinajstić information content (AvgIpc) is 2.46. The number of rotatable bonds is 8. The van der Waals surface area contributed by atoms with Gasteiger partial charge in [0.2, 0.25) is 0 Å². The van der Waals surface area contributed by atoms with Crippen LogP contribution in [0.3, 0.4) is 0 Å². The topological polar surface area (TPSA) is 127 Å². The lowest BCUT2D eigenvalue weighted by molar-refractivity contribution is -0.139. The summed E-state index contributed by atoms with van der Waals surface area (Å²) in [5.41, 5.74) is 11.8. The highest BCUT2D eigenvalue weighted by atomic mass is 32.2. The zero-order valence-corrected chi connectivity index (χ0v) is 12.6. The quantitative estimate of drug-likeness (QED) is 0.530. The standard InChI is InChI=1S/C9H13NS.C5H9NO4/c10-6-7-11-8-9-4-2-1-3-5-9;6-3(5(9)10)1-2-4(7)8/h1-5H,6-8,10H2;3H,1-2,6H2,(H,7,8)(H,9,10)/t;3-/m.0/s1. The highest BCUT2D eigenvalue weighted by Gasteiger charge is 2.12. The monoisotopic (exact) mass is 314 g/mol. The van der Waals surface area contributed by atoms with Gasteiger partial charge in [-0.3, -0.25) is 9.59 Å². The van der Waals surface area contributed by atoms with Crippen molar-refractivity contribution in [2.45, 2.75) is 24.6 Å². The third kappa shape index (κ3) is 11.9. The van der Waals surface area contributed by atoms with E-state index in [4.69, 9.17) is 21.7 Å². The van der Waals surface area contributed by atoms with Crippen molar-refractivity contribution in [1.29, 1.82) is 0 Å². The summed E-state index contributed by atoms with van der Waals surface area (Å²) >= 11 is 1.88.